The minimum Gasteiger partial charge on any atom is -0.513 e. The van der Waals surface area contributed by atoms with Crippen LogP contribution < -0.4 is 4.57 Å². The molecule has 84 valence electrons. The molecule has 1 atom stereocenters. The van der Waals surface area contributed by atoms with Gasteiger partial charge in [-0.25, -0.2) is 9.13 Å². The lowest BCUT2D eigenvalue weighted by molar-refractivity contribution is -0.671. The number of aliphatic hydroxyl groups is 1. The maximum atomic E-state index is 9.14. The second kappa shape index (κ2) is 5.59. The zero-order valence-electron chi connectivity index (χ0n) is 9.69. The number of aliphatic hydroxyl groups excluding tert-OH is 1. The van der Waals surface area contributed by atoms with E-state index in [9.17, 15) is 0 Å². The Balaban J connectivity index is 2.14. The number of aryl methyl sites for hydroxylation is 2. The molecule has 1 N–H and O–H groups in total. The zero-order valence-corrected chi connectivity index (χ0v) is 9.69. The van der Waals surface area contributed by atoms with Crippen molar-refractivity contribution >= 4 is 0 Å². The third-order valence-electron chi connectivity index (χ3n) is 2.70. The van der Waals surface area contributed by atoms with Gasteiger partial charge in [0, 0.05) is 5.92 Å². The van der Waals surface area contributed by atoms with Crippen LogP contribution in [0.25, 0.3) is 0 Å². The summed E-state index contributed by atoms with van der Waals surface area (Å²) < 4.78 is 4.22. The van der Waals surface area contributed by atoms with E-state index >= 15 is 0 Å². The predicted molar refractivity (Wildman–Crippen MR) is 60.4 cm³/mol. The number of nitrogens with zero attached hydrogens (tertiary/aromatic N) is 2. The third kappa shape index (κ3) is 4.19. The molecule has 0 amide bonds. The Bertz CT molecular complexity index is 317. The van der Waals surface area contributed by atoms with Crippen LogP contribution in [-0.2, 0) is 13.6 Å². The summed E-state index contributed by atoms with van der Waals surface area (Å²) in [7, 11) is 2.02. The van der Waals surface area contributed by atoms with Gasteiger partial charge in [-0.3, -0.25) is 0 Å². The van der Waals surface area contributed by atoms with Crippen molar-refractivity contribution in [2.24, 2.45) is 13.0 Å². The first-order valence-corrected chi connectivity index (χ1v) is 5.48. The molecule has 0 fully saturated rings. The minimum atomic E-state index is 0.228. The lowest BCUT2D eigenvalue weighted by Gasteiger charge is -2.07. The Morgan fingerprint density at radius 3 is 2.80 bits per heavy atom. The normalized spacial score (nSPS) is 12.7. The van der Waals surface area contributed by atoms with Crippen LogP contribution in [-0.4, -0.2) is 9.67 Å². The number of unbranched alkanes of at least 4 members (excludes halogenated alkanes) is 1. The molecule has 1 heterocycles. The second-order valence-electron chi connectivity index (χ2n) is 4.21. The highest BCUT2D eigenvalue weighted by molar-refractivity contribution is 4.85. The fraction of sp³-hybridized carbons (Fsp3) is 0.583. The van der Waals surface area contributed by atoms with Crippen molar-refractivity contribution in [2.75, 3.05) is 0 Å². The van der Waals surface area contributed by atoms with Crippen molar-refractivity contribution in [3.8, 4) is 0 Å². The smallest absolute Gasteiger partial charge is 0.243 e. The molecule has 0 saturated heterocycles. The molecule has 0 aliphatic rings. The zero-order chi connectivity index (χ0) is 11.3. The summed E-state index contributed by atoms with van der Waals surface area (Å²) in [5.41, 5.74) is 0. The molecule has 0 aliphatic heterocycles. The van der Waals surface area contributed by atoms with Gasteiger partial charge < -0.3 is 5.11 Å². The second-order valence-corrected chi connectivity index (χ2v) is 4.21. The highest BCUT2D eigenvalue weighted by Crippen LogP contribution is 2.13. The molecule has 0 aromatic carbocycles. The van der Waals surface area contributed by atoms with Gasteiger partial charge >= 0.3 is 0 Å². The van der Waals surface area contributed by atoms with Crippen molar-refractivity contribution in [1.82, 2.24) is 4.57 Å². The summed E-state index contributed by atoms with van der Waals surface area (Å²) in [6.45, 7) is 6.60. The van der Waals surface area contributed by atoms with Crippen molar-refractivity contribution in [1.29, 1.82) is 0 Å². The first-order chi connectivity index (χ1) is 7.09. The van der Waals surface area contributed by atoms with Crippen LogP contribution in [0.15, 0.2) is 31.1 Å². The number of hydrogen-bond acceptors (Lipinski definition) is 1. The predicted octanol–water partition coefficient (Wildman–Crippen LogP) is 2.19. The Morgan fingerprint density at radius 1 is 1.53 bits per heavy atom. The number of hydrogen-bond donors (Lipinski definition) is 1. The van der Waals surface area contributed by atoms with Crippen LogP contribution >= 0.6 is 0 Å². The molecule has 0 saturated carbocycles. The topological polar surface area (TPSA) is 29.0 Å². The van der Waals surface area contributed by atoms with E-state index < -0.39 is 0 Å². The van der Waals surface area contributed by atoms with E-state index in [1.807, 2.05) is 24.7 Å². The Hall–Kier alpha value is -1.25. The highest BCUT2D eigenvalue weighted by atomic mass is 16.3. The molecule has 3 nitrogen and oxygen atoms in total. The van der Waals surface area contributed by atoms with E-state index in [1.165, 1.54) is 0 Å². The van der Waals surface area contributed by atoms with Crippen molar-refractivity contribution in [2.45, 2.75) is 32.7 Å². The molecule has 3 heteroatoms. The van der Waals surface area contributed by atoms with E-state index in [0.717, 1.165) is 25.8 Å². The molecule has 0 bridgehead atoms. The van der Waals surface area contributed by atoms with Crippen LogP contribution in [0.3, 0.4) is 0 Å². The lowest BCUT2D eigenvalue weighted by Crippen LogP contribution is -2.23. The van der Waals surface area contributed by atoms with Crippen molar-refractivity contribution in [3.63, 3.8) is 0 Å². The van der Waals surface area contributed by atoms with E-state index in [1.54, 1.807) is 0 Å². The van der Waals surface area contributed by atoms with Gasteiger partial charge in [0.1, 0.15) is 12.4 Å². The molecule has 1 aromatic heterocycles. The monoisotopic (exact) mass is 209 g/mol. The van der Waals surface area contributed by atoms with Crippen LogP contribution in [0.4, 0.5) is 0 Å². The third-order valence-corrected chi connectivity index (χ3v) is 2.70. The molecule has 15 heavy (non-hydrogen) atoms. The van der Waals surface area contributed by atoms with Gasteiger partial charge in [0.25, 0.3) is 0 Å². The van der Waals surface area contributed by atoms with Gasteiger partial charge in [0.2, 0.25) is 6.33 Å². The maximum Gasteiger partial charge on any atom is 0.243 e. The summed E-state index contributed by atoms with van der Waals surface area (Å²) in [5, 5.41) is 9.14. The fourth-order valence-electron chi connectivity index (χ4n) is 1.55. The maximum absolute atomic E-state index is 9.14. The Labute approximate surface area is 91.7 Å². The SMILES string of the molecule is C=C(O)C(C)CCCCn1cc[n+](C)c1. The average Bonchev–Trinajstić information content (AvgIpc) is 2.58. The van der Waals surface area contributed by atoms with E-state index in [0.29, 0.717) is 5.76 Å². The molecule has 1 rings (SSSR count). The molecule has 0 aliphatic carbocycles. The van der Waals surface area contributed by atoms with E-state index in [4.69, 9.17) is 5.11 Å². The van der Waals surface area contributed by atoms with Gasteiger partial charge in [-0.1, -0.05) is 13.5 Å². The average molecular weight is 209 g/mol. The van der Waals surface area contributed by atoms with Gasteiger partial charge in [0.15, 0.2) is 0 Å². The summed E-state index contributed by atoms with van der Waals surface area (Å²) in [5.74, 6) is 0.535. The molecular formula is C12H21N2O+. The van der Waals surface area contributed by atoms with Crippen molar-refractivity contribution in [3.05, 3.63) is 31.1 Å². The Kier molecular flexibility index (Phi) is 4.40. The van der Waals surface area contributed by atoms with Crippen LogP contribution in [0.1, 0.15) is 26.2 Å². The standard InChI is InChI=1S/C12H20N2O/c1-11(12(2)15)6-4-5-7-14-9-8-13(3)10-14/h8-11H,2,4-7H2,1,3H3/p+1. The summed E-state index contributed by atoms with van der Waals surface area (Å²) in [4.78, 5) is 0. The fourth-order valence-corrected chi connectivity index (χ4v) is 1.55. The largest absolute Gasteiger partial charge is 0.513 e. The molecule has 1 aromatic rings. The van der Waals surface area contributed by atoms with Crippen molar-refractivity contribution < 1.29 is 9.67 Å². The summed E-state index contributed by atoms with van der Waals surface area (Å²) in [6.07, 6.45) is 9.48. The first kappa shape index (κ1) is 11.8. The molecule has 0 radical (unpaired) electrons. The number of imidazole rings is 1. The molecular weight excluding hydrogens is 188 g/mol. The Morgan fingerprint density at radius 2 is 2.27 bits per heavy atom. The number of rotatable bonds is 6. The van der Waals surface area contributed by atoms with E-state index in [-0.39, 0.29) is 5.92 Å². The number of allylic oxidation sites excluding steroid dienone is 1. The first-order valence-electron chi connectivity index (χ1n) is 5.48. The number of aromatic nitrogens is 2. The van der Waals surface area contributed by atoms with Crippen LogP contribution in [0.5, 0.6) is 0 Å². The van der Waals surface area contributed by atoms with Gasteiger partial charge in [-0.15, -0.1) is 0 Å². The van der Waals surface area contributed by atoms with Crippen LogP contribution in [0.2, 0.25) is 0 Å². The van der Waals surface area contributed by atoms with Gasteiger partial charge in [0.05, 0.1) is 19.4 Å². The van der Waals surface area contributed by atoms with Crippen LogP contribution in [0, 0.1) is 5.92 Å². The summed E-state index contributed by atoms with van der Waals surface area (Å²) in [6, 6.07) is 0. The minimum absolute atomic E-state index is 0.228. The van der Waals surface area contributed by atoms with Gasteiger partial charge in [-0.2, -0.15) is 0 Å². The van der Waals surface area contributed by atoms with Gasteiger partial charge in [-0.05, 0) is 19.3 Å². The lowest BCUT2D eigenvalue weighted by atomic mass is 10.0. The quantitative estimate of drug-likeness (QED) is 0.434. The summed E-state index contributed by atoms with van der Waals surface area (Å²) >= 11 is 0. The molecule has 1 unspecified atom stereocenters. The molecule has 0 spiro atoms. The highest BCUT2D eigenvalue weighted by Gasteiger charge is 2.05. The van der Waals surface area contributed by atoms with E-state index in [2.05, 4.69) is 23.7 Å².